The van der Waals surface area contributed by atoms with Gasteiger partial charge in [0, 0.05) is 24.9 Å². The van der Waals surface area contributed by atoms with Gasteiger partial charge < -0.3 is 10.2 Å². The van der Waals surface area contributed by atoms with Crippen LogP contribution in [0.1, 0.15) is 28.9 Å². The summed E-state index contributed by atoms with van der Waals surface area (Å²) in [5.41, 5.74) is 1.59. The van der Waals surface area contributed by atoms with E-state index in [0.717, 1.165) is 30.9 Å². The van der Waals surface area contributed by atoms with Gasteiger partial charge in [-0.3, -0.25) is 9.59 Å². The van der Waals surface area contributed by atoms with Gasteiger partial charge in [-0.1, -0.05) is 34.8 Å². The average molecular weight is 330 g/mol. The Morgan fingerprint density at radius 1 is 1.35 bits per heavy atom. The SMILES string of the molecule is O=C(NC1CC(=O)N(CCCc2ccccc2)C1)c1csnn1. The first-order valence-corrected chi connectivity index (χ1v) is 8.45. The summed E-state index contributed by atoms with van der Waals surface area (Å²) in [6.07, 6.45) is 2.23. The van der Waals surface area contributed by atoms with Crippen molar-refractivity contribution >= 4 is 23.3 Å². The minimum atomic E-state index is -0.261. The van der Waals surface area contributed by atoms with Crippen LogP contribution in [-0.2, 0) is 11.2 Å². The maximum atomic E-state index is 12.0. The lowest BCUT2D eigenvalue weighted by atomic mass is 10.1. The Hall–Kier alpha value is -2.28. The number of hydrogen-bond donors (Lipinski definition) is 1. The molecule has 1 fully saturated rings. The monoisotopic (exact) mass is 330 g/mol. The van der Waals surface area contributed by atoms with E-state index in [1.54, 1.807) is 5.38 Å². The Morgan fingerprint density at radius 2 is 2.17 bits per heavy atom. The molecule has 0 aliphatic carbocycles. The van der Waals surface area contributed by atoms with Crippen molar-refractivity contribution in [1.29, 1.82) is 0 Å². The maximum Gasteiger partial charge on any atom is 0.273 e. The van der Waals surface area contributed by atoms with Crippen molar-refractivity contribution in [3.8, 4) is 0 Å². The van der Waals surface area contributed by atoms with Crippen LogP contribution in [0.2, 0.25) is 0 Å². The van der Waals surface area contributed by atoms with Crippen LogP contribution >= 0.6 is 11.5 Å². The topological polar surface area (TPSA) is 75.2 Å². The third-order valence-electron chi connectivity index (χ3n) is 3.88. The van der Waals surface area contributed by atoms with E-state index in [2.05, 4.69) is 27.0 Å². The van der Waals surface area contributed by atoms with E-state index >= 15 is 0 Å². The van der Waals surface area contributed by atoms with Crippen LogP contribution in [0.3, 0.4) is 0 Å². The van der Waals surface area contributed by atoms with Crippen LogP contribution < -0.4 is 5.32 Å². The second kappa shape index (κ2) is 7.32. The highest BCUT2D eigenvalue weighted by Gasteiger charge is 2.30. The minimum Gasteiger partial charge on any atom is -0.346 e. The quantitative estimate of drug-likeness (QED) is 0.871. The molecule has 2 heterocycles. The molecule has 1 atom stereocenters. The van der Waals surface area contributed by atoms with Crippen molar-refractivity contribution < 1.29 is 9.59 Å². The molecule has 120 valence electrons. The zero-order valence-electron chi connectivity index (χ0n) is 12.6. The van der Waals surface area contributed by atoms with E-state index in [4.69, 9.17) is 0 Å². The molecule has 0 bridgehead atoms. The Labute approximate surface area is 138 Å². The number of aryl methyl sites for hydroxylation is 1. The van der Waals surface area contributed by atoms with Crippen molar-refractivity contribution in [1.82, 2.24) is 19.8 Å². The van der Waals surface area contributed by atoms with Crippen LogP contribution in [0.25, 0.3) is 0 Å². The molecule has 2 amide bonds. The highest BCUT2D eigenvalue weighted by atomic mass is 32.1. The van der Waals surface area contributed by atoms with Gasteiger partial charge in [0.05, 0.1) is 6.04 Å². The van der Waals surface area contributed by atoms with Gasteiger partial charge in [0.15, 0.2) is 5.69 Å². The lowest BCUT2D eigenvalue weighted by Gasteiger charge is -2.16. The summed E-state index contributed by atoms with van der Waals surface area (Å²) in [6.45, 7) is 1.29. The summed E-state index contributed by atoms with van der Waals surface area (Å²) < 4.78 is 3.67. The molecule has 1 aliphatic heterocycles. The lowest BCUT2D eigenvalue weighted by Crippen LogP contribution is -2.37. The molecule has 1 N–H and O–H groups in total. The second-order valence-electron chi connectivity index (χ2n) is 5.59. The summed E-state index contributed by atoms with van der Waals surface area (Å²) in [7, 11) is 0. The third-order valence-corrected chi connectivity index (χ3v) is 4.38. The van der Waals surface area contributed by atoms with Crippen molar-refractivity contribution in [2.45, 2.75) is 25.3 Å². The number of hydrogen-bond acceptors (Lipinski definition) is 5. The molecule has 0 spiro atoms. The summed E-state index contributed by atoms with van der Waals surface area (Å²) in [6, 6.07) is 10.1. The molecule has 23 heavy (non-hydrogen) atoms. The van der Waals surface area contributed by atoms with Gasteiger partial charge in [0.1, 0.15) is 0 Å². The fraction of sp³-hybridized carbons (Fsp3) is 0.375. The van der Waals surface area contributed by atoms with E-state index in [0.29, 0.717) is 18.7 Å². The Balaban J connectivity index is 1.45. The van der Waals surface area contributed by atoms with Crippen LogP contribution in [0.5, 0.6) is 0 Å². The summed E-state index contributed by atoms with van der Waals surface area (Å²) in [5, 5.41) is 8.19. The highest BCUT2D eigenvalue weighted by Crippen LogP contribution is 2.13. The molecular formula is C16H18N4O2S. The van der Waals surface area contributed by atoms with Gasteiger partial charge >= 0.3 is 0 Å². The van der Waals surface area contributed by atoms with E-state index in [1.807, 2.05) is 23.1 Å². The van der Waals surface area contributed by atoms with Gasteiger partial charge in [0.25, 0.3) is 5.91 Å². The standard InChI is InChI=1S/C16H18N4O2S/c21-15-9-13(17-16(22)14-11-23-19-18-14)10-20(15)8-4-7-12-5-2-1-3-6-12/h1-3,5-6,11,13H,4,7-10H2,(H,17,22). The van der Waals surface area contributed by atoms with Crippen LogP contribution in [0, 0.1) is 0 Å². The van der Waals surface area contributed by atoms with Crippen molar-refractivity contribution in [3.63, 3.8) is 0 Å². The fourth-order valence-electron chi connectivity index (χ4n) is 2.73. The number of benzene rings is 1. The number of likely N-dealkylation sites (tertiary alicyclic amines) is 1. The van der Waals surface area contributed by atoms with Gasteiger partial charge in [-0.25, -0.2) is 0 Å². The Kier molecular flexibility index (Phi) is 4.97. The first-order chi connectivity index (χ1) is 11.2. The Bertz CT molecular complexity index is 660. The average Bonchev–Trinajstić information content (AvgIpc) is 3.19. The number of nitrogens with zero attached hydrogens (tertiary/aromatic N) is 3. The smallest absolute Gasteiger partial charge is 0.273 e. The molecule has 6 nitrogen and oxygen atoms in total. The third kappa shape index (κ3) is 4.13. The summed E-state index contributed by atoms with van der Waals surface area (Å²) in [5.74, 6) is -0.164. The van der Waals surface area contributed by atoms with Crippen LogP contribution in [0.15, 0.2) is 35.7 Å². The zero-order chi connectivity index (χ0) is 16.1. The lowest BCUT2D eigenvalue weighted by molar-refractivity contribution is -0.127. The molecule has 1 aromatic carbocycles. The summed E-state index contributed by atoms with van der Waals surface area (Å²) >= 11 is 1.14. The van der Waals surface area contributed by atoms with Crippen molar-refractivity contribution in [2.24, 2.45) is 0 Å². The molecule has 1 aromatic heterocycles. The second-order valence-corrected chi connectivity index (χ2v) is 6.20. The molecule has 1 unspecified atom stereocenters. The summed E-state index contributed by atoms with van der Waals surface area (Å²) in [4.78, 5) is 25.8. The van der Waals surface area contributed by atoms with Gasteiger partial charge in [-0.05, 0) is 29.9 Å². The molecule has 3 rings (SSSR count). The van der Waals surface area contributed by atoms with Crippen molar-refractivity contribution in [2.75, 3.05) is 13.1 Å². The molecular weight excluding hydrogens is 312 g/mol. The van der Waals surface area contributed by atoms with Crippen LogP contribution in [-0.4, -0.2) is 45.4 Å². The zero-order valence-corrected chi connectivity index (χ0v) is 13.5. The number of amides is 2. The minimum absolute atomic E-state index is 0.0970. The van der Waals surface area contributed by atoms with E-state index < -0.39 is 0 Å². The molecule has 1 aliphatic rings. The number of aromatic nitrogens is 2. The van der Waals surface area contributed by atoms with E-state index in [1.165, 1.54) is 5.56 Å². The fourth-order valence-corrected chi connectivity index (χ4v) is 3.16. The van der Waals surface area contributed by atoms with Gasteiger partial charge in [-0.2, -0.15) is 0 Å². The van der Waals surface area contributed by atoms with Crippen LogP contribution in [0.4, 0.5) is 0 Å². The van der Waals surface area contributed by atoms with E-state index in [-0.39, 0.29) is 17.9 Å². The normalized spacial score (nSPS) is 17.5. The molecule has 0 saturated carbocycles. The largest absolute Gasteiger partial charge is 0.346 e. The number of carbonyl (C=O) groups is 2. The molecule has 2 aromatic rings. The van der Waals surface area contributed by atoms with Gasteiger partial charge in [-0.15, -0.1) is 5.10 Å². The maximum absolute atomic E-state index is 12.0. The molecule has 0 radical (unpaired) electrons. The predicted molar refractivity (Wildman–Crippen MR) is 87.1 cm³/mol. The van der Waals surface area contributed by atoms with E-state index in [9.17, 15) is 9.59 Å². The first-order valence-electron chi connectivity index (χ1n) is 7.62. The number of carbonyl (C=O) groups excluding carboxylic acids is 2. The first kappa shape index (κ1) is 15.6. The molecule has 1 saturated heterocycles. The highest BCUT2D eigenvalue weighted by molar-refractivity contribution is 7.03. The predicted octanol–water partition coefficient (Wildman–Crippen LogP) is 1.50. The van der Waals surface area contributed by atoms with Crippen molar-refractivity contribution in [3.05, 3.63) is 47.0 Å². The number of nitrogens with one attached hydrogen (secondary N) is 1. The molecule has 7 heteroatoms. The van der Waals surface area contributed by atoms with Gasteiger partial charge in [0.2, 0.25) is 5.91 Å². The number of rotatable bonds is 6. The Morgan fingerprint density at radius 3 is 2.91 bits per heavy atom.